The minimum absolute atomic E-state index is 0.399. The van der Waals surface area contributed by atoms with Crippen LogP contribution in [0.25, 0.3) is 0 Å². The van der Waals surface area contributed by atoms with Crippen molar-refractivity contribution >= 4 is 8.32 Å². The first-order valence-corrected chi connectivity index (χ1v) is 7.81. The molecule has 11 heavy (non-hydrogen) atoms. The van der Waals surface area contributed by atoms with E-state index in [1.54, 1.807) is 0 Å². The Morgan fingerprint density at radius 1 is 1.27 bits per heavy atom. The number of nitrogens with two attached hydrogens (primary N) is 1. The summed E-state index contributed by atoms with van der Waals surface area (Å²) >= 11 is 0. The molecule has 2 N–H and O–H groups in total. The van der Waals surface area contributed by atoms with Gasteiger partial charge in [0.05, 0.1) is 0 Å². The van der Waals surface area contributed by atoms with E-state index in [0.717, 1.165) is 12.8 Å². The van der Waals surface area contributed by atoms with Crippen molar-refractivity contribution in [2.24, 2.45) is 5.73 Å². The standard InChI is InChI=1S/C8H19NOSi/c1-11(2,3)10-8-5-4-7(9)6-8/h7-8H,4-6,9H2,1-3H3. The molecule has 3 heteroatoms. The molecule has 0 radical (unpaired) electrons. The molecule has 0 aromatic heterocycles. The molecular weight excluding hydrogens is 154 g/mol. The maximum atomic E-state index is 5.93. The normalized spacial score (nSPS) is 32.7. The highest BCUT2D eigenvalue weighted by molar-refractivity contribution is 6.69. The molecular formula is C8H19NOSi. The molecule has 1 aliphatic rings. The smallest absolute Gasteiger partial charge is 0.184 e. The van der Waals surface area contributed by atoms with Gasteiger partial charge in [-0.05, 0) is 38.9 Å². The predicted molar refractivity (Wildman–Crippen MR) is 50.0 cm³/mol. The minimum Gasteiger partial charge on any atom is -0.415 e. The van der Waals surface area contributed by atoms with Crippen LogP contribution in [0.15, 0.2) is 0 Å². The van der Waals surface area contributed by atoms with Gasteiger partial charge in [0.1, 0.15) is 0 Å². The maximum absolute atomic E-state index is 5.93. The summed E-state index contributed by atoms with van der Waals surface area (Å²) in [4.78, 5) is 0. The summed E-state index contributed by atoms with van der Waals surface area (Å²) in [5.74, 6) is 0. The fourth-order valence-corrected chi connectivity index (χ4v) is 2.79. The molecule has 1 saturated carbocycles. The van der Waals surface area contributed by atoms with E-state index >= 15 is 0 Å². The van der Waals surface area contributed by atoms with Crippen LogP contribution < -0.4 is 5.73 Å². The third-order valence-electron chi connectivity index (χ3n) is 1.95. The first kappa shape index (κ1) is 9.23. The maximum Gasteiger partial charge on any atom is 0.184 e. The Bertz CT molecular complexity index is 133. The molecule has 0 bridgehead atoms. The quantitative estimate of drug-likeness (QED) is 0.645. The Labute approximate surface area is 70.2 Å². The van der Waals surface area contributed by atoms with Crippen LogP contribution in [0.3, 0.4) is 0 Å². The van der Waals surface area contributed by atoms with E-state index in [-0.39, 0.29) is 0 Å². The number of hydrogen-bond donors (Lipinski definition) is 1. The van der Waals surface area contributed by atoms with Crippen LogP contribution in [0.4, 0.5) is 0 Å². The molecule has 0 aliphatic heterocycles. The van der Waals surface area contributed by atoms with Crippen LogP contribution >= 0.6 is 0 Å². The highest BCUT2D eigenvalue weighted by Crippen LogP contribution is 2.23. The van der Waals surface area contributed by atoms with E-state index in [1.165, 1.54) is 6.42 Å². The summed E-state index contributed by atoms with van der Waals surface area (Å²) in [5.41, 5.74) is 5.78. The first-order valence-electron chi connectivity index (χ1n) is 4.41. The Balaban J connectivity index is 2.29. The molecule has 0 heterocycles. The summed E-state index contributed by atoms with van der Waals surface area (Å²) in [6, 6.07) is 0.399. The van der Waals surface area contributed by atoms with Crippen molar-refractivity contribution in [2.75, 3.05) is 0 Å². The highest BCUT2D eigenvalue weighted by atomic mass is 28.4. The molecule has 1 aliphatic carbocycles. The van der Waals surface area contributed by atoms with E-state index < -0.39 is 8.32 Å². The lowest BCUT2D eigenvalue weighted by Crippen LogP contribution is -2.31. The third kappa shape index (κ3) is 3.36. The third-order valence-corrected chi connectivity index (χ3v) is 2.99. The fourth-order valence-electron chi connectivity index (χ4n) is 1.58. The molecule has 1 rings (SSSR count). The molecule has 0 aromatic carbocycles. The van der Waals surface area contributed by atoms with Crippen LogP contribution in [0, 0.1) is 0 Å². The van der Waals surface area contributed by atoms with E-state index in [2.05, 4.69) is 19.6 Å². The monoisotopic (exact) mass is 173 g/mol. The lowest BCUT2D eigenvalue weighted by Gasteiger charge is -2.22. The van der Waals surface area contributed by atoms with Crippen LogP contribution in [0.1, 0.15) is 19.3 Å². The average molecular weight is 173 g/mol. The van der Waals surface area contributed by atoms with E-state index in [1.807, 2.05) is 0 Å². The topological polar surface area (TPSA) is 35.2 Å². The Hall–Kier alpha value is 0.137. The molecule has 0 saturated heterocycles. The van der Waals surface area contributed by atoms with Crippen LogP contribution in [-0.2, 0) is 4.43 Å². The zero-order valence-electron chi connectivity index (χ0n) is 7.76. The van der Waals surface area contributed by atoms with Gasteiger partial charge in [0, 0.05) is 12.1 Å². The second-order valence-corrected chi connectivity index (χ2v) is 8.89. The van der Waals surface area contributed by atoms with Crippen LogP contribution in [0.5, 0.6) is 0 Å². The largest absolute Gasteiger partial charge is 0.415 e. The van der Waals surface area contributed by atoms with Crippen molar-refractivity contribution in [2.45, 2.75) is 51.0 Å². The van der Waals surface area contributed by atoms with Gasteiger partial charge in [0.15, 0.2) is 8.32 Å². The van der Waals surface area contributed by atoms with E-state index in [4.69, 9.17) is 10.2 Å². The number of rotatable bonds is 2. The molecule has 2 atom stereocenters. The van der Waals surface area contributed by atoms with Gasteiger partial charge in [0.25, 0.3) is 0 Å². The van der Waals surface area contributed by atoms with Crippen LogP contribution in [0.2, 0.25) is 19.6 Å². The molecule has 1 fully saturated rings. The second kappa shape index (κ2) is 3.25. The zero-order valence-corrected chi connectivity index (χ0v) is 8.76. The fraction of sp³-hybridized carbons (Fsp3) is 1.00. The van der Waals surface area contributed by atoms with E-state index in [9.17, 15) is 0 Å². The molecule has 2 unspecified atom stereocenters. The lowest BCUT2D eigenvalue weighted by atomic mass is 10.3. The Kier molecular flexibility index (Phi) is 2.73. The average Bonchev–Trinajstić information content (AvgIpc) is 2.10. The van der Waals surface area contributed by atoms with Crippen molar-refractivity contribution in [3.63, 3.8) is 0 Å². The van der Waals surface area contributed by atoms with Crippen LogP contribution in [-0.4, -0.2) is 20.5 Å². The molecule has 0 spiro atoms. The van der Waals surface area contributed by atoms with Crippen molar-refractivity contribution < 1.29 is 4.43 Å². The second-order valence-electron chi connectivity index (χ2n) is 4.43. The van der Waals surface area contributed by atoms with Crippen molar-refractivity contribution in [1.82, 2.24) is 0 Å². The molecule has 2 nitrogen and oxygen atoms in total. The van der Waals surface area contributed by atoms with Crippen molar-refractivity contribution in [3.8, 4) is 0 Å². The summed E-state index contributed by atoms with van der Waals surface area (Å²) < 4.78 is 5.93. The molecule has 66 valence electrons. The summed E-state index contributed by atoms with van der Waals surface area (Å²) in [7, 11) is -1.31. The minimum atomic E-state index is -1.31. The molecule has 0 amide bonds. The zero-order chi connectivity index (χ0) is 8.48. The van der Waals surface area contributed by atoms with Gasteiger partial charge in [-0.25, -0.2) is 0 Å². The van der Waals surface area contributed by atoms with Gasteiger partial charge in [-0.2, -0.15) is 0 Å². The SMILES string of the molecule is C[Si](C)(C)OC1CCC(N)C1. The van der Waals surface area contributed by atoms with Gasteiger partial charge in [-0.3, -0.25) is 0 Å². The summed E-state index contributed by atoms with van der Waals surface area (Å²) in [5, 5.41) is 0. The van der Waals surface area contributed by atoms with Gasteiger partial charge < -0.3 is 10.2 Å². The summed E-state index contributed by atoms with van der Waals surface area (Å²) in [6.07, 6.45) is 3.86. The first-order chi connectivity index (χ1) is 4.97. The van der Waals surface area contributed by atoms with Gasteiger partial charge in [-0.1, -0.05) is 0 Å². The highest BCUT2D eigenvalue weighted by Gasteiger charge is 2.27. The van der Waals surface area contributed by atoms with E-state index in [0.29, 0.717) is 12.1 Å². The van der Waals surface area contributed by atoms with Crippen molar-refractivity contribution in [3.05, 3.63) is 0 Å². The molecule has 0 aromatic rings. The predicted octanol–water partition coefficient (Wildman–Crippen LogP) is 1.72. The van der Waals surface area contributed by atoms with Crippen molar-refractivity contribution in [1.29, 1.82) is 0 Å². The Morgan fingerprint density at radius 3 is 2.27 bits per heavy atom. The van der Waals surface area contributed by atoms with Gasteiger partial charge >= 0.3 is 0 Å². The van der Waals surface area contributed by atoms with Gasteiger partial charge in [0.2, 0.25) is 0 Å². The van der Waals surface area contributed by atoms with Gasteiger partial charge in [-0.15, -0.1) is 0 Å². The lowest BCUT2D eigenvalue weighted by molar-refractivity contribution is 0.200. The Morgan fingerprint density at radius 2 is 1.91 bits per heavy atom. The number of hydrogen-bond acceptors (Lipinski definition) is 2. The summed E-state index contributed by atoms with van der Waals surface area (Å²) in [6.45, 7) is 6.70.